The van der Waals surface area contributed by atoms with Gasteiger partial charge in [-0.2, -0.15) is 5.10 Å². The van der Waals surface area contributed by atoms with Gasteiger partial charge in [0.05, 0.1) is 16.3 Å². The summed E-state index contributed by atoms with van der Waals surface area (Å²) in [5.41, 5.74) is 0.957. The van der Waals surface area contributed by atoms with Crippen LogP contribution in [0.2, 0.25) is 0 Å². The van der Waals surface area contributed by atoms with Crippen molar-refractivity contribution in [1.82, 2.24) is 24.5 Å². The third-order valence-corrected chi connectivity index (χ3v) is 6.36. The molecule has 3 aromatic heterocycles. The number of carbonyl (C=O) groups is 1. The van der Waals surface area contributed by atoms with Gasteiger partial charge >= 0.3 is 0 Å². The zero-order valence-corrected chi connectivity index (χ0v) is 18.5. The molecule has 1 aromatic carbocycles. The highest BCUT2D eigenvalue weighted by molar-refractivity contribution is 8.00. The van der Waals surface area contributed by atoms with Crippen LogP contribution in [0.3, 0.4) is 0 Å². The summed E-state index contributed by atoms with van der Waals surface area (Å²) in [7, 11) is 0. The van der Waals surface area contributed by atoms with E-state index in [0.29, 0.717) is 11.0 Å². The molecule has 0 aliphatic carbocycles. The molecule has 4 rings (SSSR count). The molecule has 1 unspecified atom stereocenters. The Hall–Kier alpha value is -2.91. The average Bonchev–Trinajstić information content (AvgIpc) is 3.49. The van der Waals surface area contributed by atoms with E-state index in [0.717, 1.165) is 16.4 Å². The van der Waals surface area contributed by atoms with Gasteiger partial charge in [-0.25, -0.2) is 4.68 Å². The second-order valence-corrected chi connectivity index (χ2v) is 9.21. The minimum absolute atomic E-state index is 0.109. The quantitative estimate of drug-likeness (QED) is 0.416. The van der Waals surface area contributed by atoms with Crippen molar-refractivity contribution in [1.29, 1.82) is 0 Å². The number of para-hydroxylation sites is 1. The first-order valence-corrected chi connectivity index (χ1v) is 11.4. The van der Waals surface area contributed by atoms with Crippen LogP contribution in [0.4, 0.5) is 5.82 Å². The van der Waals surface area contributed by atoms with Crippen LogP contribution in [0, 0.1) is 0 Å². The lowest BCUT2D eigenvalue weighted by Gasteiger charge is -2.15. The number of benzene rings is 1. The lowest BCUT2D eigenvalue weighted by atomic mass is 10.3. The van der Waals surface area contributed by atoms with Crippen LogP contribution < -0.4 is 5.32 Å². The summed E-state index contributed by atoms with van der Waals surface area (Å²) in [4.78, 5) is 13.9. The van der Waals surface area contributed by atoms with Gasteiger partial charge in [-0.1, -0.05) is 36.0 Å². The molecule has 0 saturated carbocycles. The Morgan fingerprint density at radius 3 is 2.57 bits per heavy atom. The molecular formula is C21H22N6OS2. The van der Waals surface area contributed by atoms with Crippen LogP contribution in [-0.2, 0) is 4.79 Å². The zero-order chi connectivity index (χ0) is 21.1. The Morgan fingerprint density at radius 2 is 1.87 bits per heavy atom. The van der Waals surface area contributed by atoms with E-state index in [2.05, 4.69) is 20.6 Å². The van der Waals surface area contributed by atoms with Crippen LogP contribution in [0.25, 0.3) is 16.4 Å². The summed E-state index contributed by atoms with van der Waals surface area (Å²) < 4.78 is 3.79. The molecule has 0 saturated heterocycles. The Morgan fingerprint density at radius 1 is 1.07 bits per heavy atom. The average molecular weight is 439 g/mol. The van der Waals surface area contributed by atoms with E-state index in [1.807, 2.05) is 73.2 Å². The van der Waals surface area contributed by atoms with Gasteiger partial charge in [-0.05, 0) is 44.4 Å². The van der Waals surface area contributed by atoms with Crippen molar-refractivity contribution in [3.05, 3.63) is 60.1 Å². The van der Waals surface area contributed by atoms with Gasteiger partial charge in [0, 0.05) is 17.8 Å². The van der Waals surface area contributed by atoms with E-state index in [-0.39, 0.29) is 17.2 Å². The molecule has 1 atom stereocenters. The summed E-state index contributed by atoms with van der Waals surface area (Å²) in [6.07, 6.45) is 1.69. The number of carbonyl (C=O) groups excluding carboxylic acids is 1. The first-order chi connectivity index (χ1) is 14.5. The highest BCUT2D eigenvalue weighted by atomic mass is 32.2. The lowest BCUT2D eigenvalue weighted by molar-refractivity contribution is -0.115. The maximum absolute atomic E-state index is 12.8. The summed E-state index contributed by atoms with van der Waals surface area (Å²) in [5, 5.41) is 18.4. The van der Waals surface area contributed by atoms with Crippen molar-refractivity contribution in [3.8, 4) is 16.4 Å². The third-order valence-electron chi connectivity index (χ3n) is 4.45. The smallest absolute Gasteiger partial charge is 0.238 e. The molecule has 0 aliphatic heterocycles. The van der Waals surface area contributed by atoms with Crippen molar-refractivity contribution in [2.45, 2.75) is 37.2 Å². The van der Waals surface area contributed by atoms with Gasteiger partial charge in [-0.15, -0.1) is 21.5 Å². The molecule has 1 N–H and O–H groups in total. The van der Waals surface area contributed by atoms with E-state index in [1.54, 1.807) is 28.3 Å². The van der Waals surface area contributed by atoms with Gasteiger partial charge < -0.3 is 5.32 Å². The minimum Gasteiger partial charge on any atom is -0.310 e. The number of hydrogen-bond acceptors (Lipinski definition) is 6. The van der Waals surface area contributed by atoms with Gasteiger partial charge in [0.25, 0.3) is 0 Å². The molecule has 0 bridgehead atoms. The zero-order valence-electron chi connectivity index (χ0n) is 16.9. The van der Waals surface area contributed by atoms with Gasteiger partial charge in [0.2, 0.25) is 5.91 Å². The molecule has 0 spiro atoms. The van der Waals surface area contributed by atoms with Gasteiger partial charge in [-0.3, -0.25) is 9.36 Å². The number of hydrogen-bond donors (Lipinski definition) is 1. The first-order valence-electron chi connectivity index (χ1n) is 9.60. The molecule has 3 heterocycles. The van der Waals surface area contributed by atoms with E-state index in [4.69, 9.17) is 0 Å². The van der Waals surface area contributed by atoms with Crippen molar-refractivity contribution >= 4 is 34.8 Å². The largest absolute Gasteiger partial charge is 0.310 e. The van der Waals surface area contributed by atoms with Gasteiger partial charge in [0.15, 0.2) is 11.0 Å². The topological polar surface area (TPSA) is 77.6 Å². The SMILES string of the molecule is CC(Sc1nnc(-c2cccs2)n1-c1ccccc1)C(=O)Nc1ccnn1C(C)C. The first kappa shape index (κ1) is 20.4. The predicted octanol–water partition coefficient (Wildman–Crippen LogP) is 4.89. The van der Waals surface area contributed by atoms with Gasteiger partial charge in [0.1, 0.15) is 5.82 Å². The van der Waals surface area contributed by atoms with Crippen molar-refractivity contribution in [3.63, 3.8) is 0 Å². The van der Waals surface area contributed by atoms with E-state index >= 15 is 0 Å². The molecule has 0 fully saturated rings. The molecule has 30 heavy (non-hydrogen) atoms. The fraction of sp³-hybridized carbons (Fsp3) is 0.238. The van der Waals surface area contributed by atoms with E-state index < -0.39 is 0 Å². The third kappa shape index (κ3) is 4.17. The molecule has 1 amide bonds. The molecule has 0 radical (unpaired) electrons. The molecule has 154 valence electrons. The minimum atomic E-state index is -0.372. The maximum atomic E-state index is 12.8. The number of aromatic nitrogens is 5. The molecule has 0 aliphatic rings. The number of amides is 1. The lowest BCUT2D eigenvalue weighted by Crippen LogP contribution is -2.25. The second kappa shape index (κ2) is 8.85. The van der Waals surface area contributed by atoms with E-state index in [9.17, 15) is 4.79 Å². The molecule has 4 aromatic rings. The number of thiophene rings is 1. The van der Waals surface area contributed by atoms with Crippen LogP contribution in [0.1, 0.15) is 26.8 Å². The fourth-order valence-corrected chi connectivity index (χ4v) is 4.55. The number of nitrogens with one attached hydrogen (secondary N) is 1. The van der Waals surface area contributed by atoms with Crippen LogP contribution in [-0.4, -0.2) is 35.7 Å². The highest BCUT2D eigenvalue weighted by Gasteiger charge is 2.23. The van der Waals surface area contributed by atoms with Crippen LogP contribution in [0.5, 0.6) is 0 Å². The fourth-order valence-electron chi connectivity index (χ4n) is 2.99. The molecular weight excluding hydrogens is 416 g/mol. The molecule has 9 heteroatoms. The number of thioether (sulfide) groups is 1. The van der Waals surface area contributed by atoms with Crippen LogP contribution in [0.15, 0.2) is 65.3 Å². The standard InChI is InChI=1S/C21H22N6OS2/c1-14(2)27-18(11-12-22-27)23-20(28)15(3)30-21-25-24-19(17-10-7-13-29-17)26(21)16-8-5-4-6-9-16/h4-15H,1-3H3,(H,23,28). The Kier molecular flexibility index (Phi) is 6.01. The predicted molar refractivity (Wildman–Crippen MR) is 121 cm³/mol. The summed E-state index contributed by atoms with van der Waals surface area (Å²) in [6.45, 7) is 5.91. The number of anilines is 1. The maximum Gasteiger partial charge on any atom is 0.238 e. The highest BCUT2D eigenvalue weighted by Crippen LogP contribution is 2.32. The summed E-state index contributed by atoms with van der Waals surface area (Å²) >= 11 is 2.99. The van der Waals surface area contributed by atoms with Crippen molar-refractivity contribution < 1.29 is 4.79 Å². The Bertz CT molecular complexity index is 1120. The summed E-state index contributed by atoms with van der Waals surface area (Å²) in [5.74, 6) is 1.35. The van der Waals surface area contributed by atoms with E-state index in [1.165, 1.54) is 11.8 Å². The second-order valence-electron chi connectivity index (χ2n) is 6.96. The normalized spacial score (nSPS) is 12.3. The number of rotatable bonds is 7. The molecule has 7 nitrogen and oxygen atoms in total. The monoisotopic (exact) mass is 438 g/mol. The van der Waals surface area contributed by atoms with Crippen LogP contribution >= 0.6 is 23.1 Å². The van der Waals surface area contributed by atoms with Crippen molar-refractivity contribution in [2.75, 3.05) is 5.32 Å². The summed E-state index contributed by atoms with van der Waals surface area (Å²) in [6, 6.07) is 15.9. The Balaban J connectivity index is 1.60. The Labute approximate surface area is 183 Å². The number of nitrogens with zero attached hydrogens (tertiary/aromatic N) is 5. The van der Waals surface area contributed by atoms with Crippen molar-refractivity contribution in [2.24, 2.45) is 0 Å².